The Bertz CT molecular complexity index is 696. The molecule has 20 heavy (non-hydrogen) atoms. The highest BCUT2D eigenvalue weighted by Gasteiger charge is 2.10. The molecule has 0 aliphatic rings. The van der Waals surface area contributed by atoms with E-state index >= 15 is 0 Å². The molecule has 98 valence electrons. The van der Waals surface area contributed by atoms with Crippen molar-refractivity contribution >= 4 is 11.8 Å². The van der Waals surface area contributed by atoms with Crippen LogP contribution in [0.25, 0.3) is 0 Å². The fourth-order valence-corrected chi connectivity index (χ4v) is 1.73. The van der Waals surface area contributed by atoms with E-state index in [-0.39, 0.29) is 5.78 Å². The van der Waals surface area contributed by atoms with Crippen LogP contribution < -0.4 is 4.74 Å². The molecule has 0 aliphatic heterocycles. The maximum Gasteiger partial charge on any atom is 0.308 e. The third kappa shape index (κ3) is 3.09. The summed E-state index contributed by atoms with van der Waals surface area (Å²) in [4.78, 5) is 23.2. The van der Waals surface area contributed by atoms with Crippen LogP contribution in [0.2, 0.25) is 0 Å². The summed E-state index contributed by atoms with van der Waals surface area (Å²) in [6.07, 6.45) is 0. The normalized spacial score (nSPS) is 9.60. The Labute approximate surface area is 116 Å². The van der Waals surface area contributed by atoms with Gasteiger partial charge in [-0.25, -0.2) is 0 Å². The molecule has 0 aliphatic carbocycles. The van der Waals surface area contributed by atoms with Crippen LogP contribution in [0.5, 0.6) is 5.75 Å². The van der Waals surface area contributed by atoms with Gasteiger partial charge >= 0.3 is 5.97 Å². The number of hydrogen-bond donors (Lipinski definition) is 0. The molecule has 0 saturated heterocycles. The van der Waals surface area contributed by atoms with E-state index in [1.165, 1.54) is 13.0 Å². The van der Waals surface area contributed by atoms with Crippen molar-refractivity contribution in [2.45, 2.75) is 6.92 Å². The van der Waals surface area contributed by atoms with Gasteiger partial charge < -0.3 is 4.74 Å². The van der Waals surface area contributed by atoms with Crippen LogP contribution in [0.1, 0.15) is 28.4 Å². The molecule has 0 atom stereocenters. The number of carbonyl (C=O) groups is 2. The molecule has 2 aromatic carbocycles. The topological polar surface area (TPSA) is 67.2 Å². The van der Waals surface area contributed by atoms with Gasteiger partial charge in [-0.2, -0.15) is 5.26 Å². The number of ketones is 1. The van der Waals surface area contributed by atoms with Gasteiger partial charge in [0.05, 0.1) is 11.6 Å². The Morgan fingerprint density at radius 3 is 2.35 bits per heavy atom. The first kappa shape index (κ1) is 13.5. The summed E-state index contributed by atoms with van der Waals surface area (Å²) in [7, 11) is 0. The van der Waals surface area contributed by atoms with Crippen molar-refractivity contribution in [2.75, 3.05) is 0 Å². The van der Waals surface area contributed by atoms with E-state index in [0.29, 0.717) is 22.4 Å². The van der Waals surface area contributed by atoms with Crippen LogP contribution in [-0.2, 0) is 4.79 Å². The van der Waals surface area contributed by atoms with E-state index in [1.54, 1.807) is 42.5 Å². The lowest BCUT2D eigenvalue weighted by Crippen LogP contribution is -2.04. The molecule has 0 saturated carbocycles. The Balaban J connectivity index is 2.28. The molecule has 2 aromatic rings. The number of esters is 1. The molecule has 0 fully saturated rings. The summed E-state index contributed by atoms with van der Waals surface area (Å²) in [5.41, 5.74) is 1.40. The van der Waals surface area contributed by atoms with Crippen molar-refractivity contribution in [3.8, 4) is 11.8 Å². The summed E-state index contributed by atoms with van der Waals surface area (Å²) in [5, 5.41) is 8.72. The van der Waals surface area contributed by atoms with Gasteiger partial charge in [-0.15, -0.1) is 0 Å². The molecule has 0 spiro atoms. The van der Waals surface area contributed by atoms with Crippen LogP contribution in [0, 0.1) is 11.3 Å². The highest BCUT2D eigenvalue weighted by atomic mass is 16.5. The average Bonchev–Trinajstić information content (AvgIpc) is 2.46. The van der Waals surface area contributed by atoms with Crippen LogP contribution >= 0.6 is 0 Å². The lowest BCUT2D eigenvalue weighted by molar-refractivity contribution is -0.131. The number of hydrogen-bond acceptors (Lipinski definition) is 4. The standard InChI is InChI=1S/C16H11NO3/c1-11(18)20-15-4-2-3-14(9-15)16(19)13-7-5-12(10-17)6-8-13/h2-9H,1H3. The van der Waals surface area contributed by atoms with E-state index in [0.717, 1.165) is 0 Å². The van der Waals surface area contributed by atoms with Crippen LogP contribution in [0.4, 0.5) is 0 Å². The van der Waals surface area contributed by atoms with Gasteiger partial charge in [0.2, 0.25) is 0 Å². The molecule has 0 unspecified atom stereocenters. The SMILES string of the molecule is CC(=O)Oc1cccc(C(=O)c2ccc(C#N)cc2)c1. The van der Waals surface area contributed by atoms with Gasteiger partial charge in [-0.05, 0) is 36.4 Å². The Kier molecular flexibility index (Phi) is 3.92. The first-order valence-electron chi connectivity index (χ1n) is 5.93. The summed E-state index contributed by atoms with van der Waals surface area (Å²) < 4.78 is 4.94. The monoisotopic (exact) mass is 265 g/mol. The van der Waals surface area contributed by atoms with Crippen LogP contribution in [0.15, 0.2) is 48.5 Å². The van der Waals surface area contributed by atoms with E-state index in [1.807, 2.05) is 6.07 Å². The second-order valence-electron chi connectivity index (χ2n) is 4.14. The fraction of sp³-hybridized carbons (Fsp3) is 0.0625. The molecule has 4 heteroatoms. The highest BCUT2D eigenvalue weighted by molar-refractivity contribution is 6.09. The van der Waals surface area contributed by atoms with Gasteiger partial charge in [0.25, 0.3) is 0 Å². The number of carbonyl (C=O) groups excluding carboxylic acids is 2. The van der Waals surface area contributed by atoms with Crippen molar-refractivity contribution < 1.29 is 14.3 Å². The average molecular weight is 265 g/mol. The second kappa shape index (κ2) is 5.81. The fourth-order valence-electron chi connectivity index (χ4n) is 1.73. The summed E-state index contributed by atoms with van der Waals surface area (Å²) >= 11 is 0. The maximum atomic E-state index is 12.3. The van der Waals surface area contributed by atoms with Crippen molar-refractivity contribution in [3.63, 3.8) is 0 Å². The molecular weight excluding hydrogens is 254 g/mol. The molecule has 0 N–H and O–H groups in total. The molecule has 0 amide bonds. The molecule has 0 radical (unpaired) electrons. The number of rotatable bonds is 3. The smallest absolute Gasteiger partial charge is 0.308 e. The number of nitrogens with zero attached hydrogens (tertiary/aromatic N) is 1. The summed E-state index contributed by atoms with van der Waals surface area (Å²) in [6.45, 7) is 1.30. The van der Waals surface area contributed by atoms with Crippen molar-refractivity contribution in [3.05, 3.63) is 65.2 Å². The zero-order valence-electron chi connectivity index (χ0n) is 10.8. The van der Waals surface area contributed by atoms with Gasteiger partial charge in [0.1, 0.15) is 5.75 Å². The second-order valence-corrected chi connectivity index (χ2v) is 4.14. The minimum Gasteiger partial charge on any atom is -0.427 e. The third-order valence-electron chi connectivity index (χ3n) is 2.63. The van der Waals surface area contributed by atoms with Gasteiger partial charge in [0.15, 0.2) is 5.78 Å². The van der Waals surface area contributed by atoms with Gasteiger partial charge in [-0.3, -0.25) is 9.59 Å². The number of ether oxygens (including phenoxy) is 1. The van der Waals surface area contributed by atoms with Crippen LogP contribution in [0.3, 0.4) is 0 Å². The Morgan fingerprint density at radius 1 is 1.05 bits per heavy atom. The molecule has 0 aromatic heterocycles. The summed E-state index contributed by atoms with van der Waals surface area (Å²) in [5.74, 6) is -0.298. The van der Waals surface area contributed by atoms with Gasteiger partial charge in [-0.1, -0.05) is 12.1 Å². The minimum atomic E-state index is -0.437. The van der Waals surface area contributed by atoms with Gasteiger partial charge in [0, 0.05) is 18.1 Å². The van der Waals surface area contributed by atoms with E-state index < -0.39 is 5.97 Å². The maximum absolute atomic E-state index is 12.3. The minimum absolute atomic E-state index is 0.191. The zero-order chi connectivity index (χ0) is 14.5. The molecule has 0 bridgehead atoms. The number of nitriles is 1. The van der Waals surface area contributed by atoms with Crippen molar-refractivity contribution in [2.24, 2.45) is 0 Å². The van der Waals surface area contributed by atoms with E-state index in [9.17, 15) is 9.59 Å². The largest absolute Gasteiger partial charge is 0.427 e. The molecule has 2 rings (SSSR count). The Morgan fingerprint density at radius 2 is 1.75 bits per heavy atom. The van der Waals surface area contributed by atoms with Crippen molar-refractivity contribution in [1.29, 1.82) is 5.26 Å². The third-order valence-corrected chi connectivity index (χ3v) is 2.63. The lowest BCUT2D eigenvalue weighted by Gasteiger charge is -2.04. The van der Waals surface area contributed by atoms with E-state index in [4.69, 9.17) is 10.00 Å². The predicted octanol–water partition coefficient (Wildman–Crippen LogP) is 2.71. The predicted molar refractivity (Wildman–Crippen MR) is 72.3 cm³/mol. The van der Waals surface area contributed by atoms with Crippen LogP contribution in [-0.4, -0.2) is 11.8 Å². The Hall–Kier alpha value is -2.93. The highest BCUT2D eigenvalue weighted by Crippen LogP contribution is 2.17. The van der Waals surface area contributed by atoms with E-state index in [2.05, 4.69) is 0 Å². The quantitative estimate of drug-likeness (QED) is 0.486. The molecule has 0 heterocycles. The number of benzene rings is 2. The molecule has 4 nitrogen and oxygen atoms in total. The lowest BCUT2D eigenvalue weighted by atomic mass is 10.0. The van der Waals surface area contributed by atoms with Crippen molar-refractivity contribution in [1.82, 2.24) is 0 Å². The first-order valence-corrected chi connectivity index (χ1v) is 5.93. The first-order chi connectivity index (χ1) is 9.60. The zero-order valence-corrected chi connectivity index (χ0v) is 10.8. The molecular formula is C16H11NO3. The summed E-state index contributed by atoms with van der Waals surface area (Å²) in [6, 6.07) is 14.8.